The first kappa shape index (κ1) is 38.9. The van der Waals surface area contributed by atoms with Crippen LogP contribution >= 0.6 is 0 Å². The minimum atomic E-state index is 0.218. The minimum absolute atomic E-state index is 0.218. The van der Waals surface area contributed by atoms with Gasteiger partial charge in [-0.1, -0.05) is 97.1 Å². The molecule has 1 atom stereocenters. The first-order valence-corrected chi connectivity index (χ1v) is 21.1. The van der Waals surface area contributed by atoms with Gasteiger partial charge in [-0.25, -0.2) is 0 Å². The van der Waals surface area contributed by atoms with Gasteiger partial charge in [0.05, 0.1) is 6.04 Å². The molecule has 0 fully saturated rings. The zero-order valence-electron chi connectivity index (χ0n) is 35.0. The number of hydrogen-bond acceptors (Lipinski definition) is 4. The highest BCUT2D eigenvalue weighted by Gasteiger charge is 2.22. The Morgan fingerprint density at radius 1 is 0.311 bits per heavy atom. The van der Waals surface area contributed by atoms with Crippen LogP contribution in [0.4, 0.5) is 62.6 Å². The number of rotatable bonds is 12. The fourth-order valence-corrected chi connectivity index (χ4v) is 8.36. The molecule has 0 radical (unpaired) electrons. The zero-order valence-corrected chi connectivity index (χ0v) is 35.0. The number of aryl methyl sites for hydroxylation is 3. The summed E-state index contributed by atoms with van der Waals surface area (Å²) in [6.45, 7) is 6.45. The standard InChI is InChI=1S/C57H50N4/c1-43-16-13-25-55(40-43)59(46-19-7-4-8-20-46)52-34-28-49(29-35-52)58(50-30-36-53(37-31-50)60(47-21-9-5-10-22-47)56-26-14-17-44(2)41-56)51-32-38-54(39-33-51)61(48-23-11-6-12-24-48)57-27-15-18-45(3)42-57/h4-23,25-42,48H,24H2,1-3H3. The van der Waals surface area contributed by atoms with Crippen LogP contribution in [-0.2, 0) is 0 Å². The number of anilines is 11. The van der Waals surface area contributed by atoms with Gasteiger partial charge in [0.2, 0.25) is 0 Å². The van der Waals surface area contributed by atoms with Gasteiger partial charge in [0.25, 0.3) is 0 Å². The fourth-order valence-electron chi connectivity index (χ4n) is 8.36. The zero-order chi connectivity index (χ0) is 41.5. The Hall–Kier alpha value is -7.56. The lowest BCUT2D eigenvalue weighted by Gasteiger charge is -2.33. The third kappa shape index (κ3) is 8.62. The van der Waals surface area contributed by atoms with Gasteiger partial charge in [0, 0.05) is 62.6 Å². The average Bonchev–Trinajstić information content (AvgIpc) is 3.30. The molecule has 0 bridgehead atoms. The molecule has 0 heterocycles. The van der Waals surface area contributed by atoms with E-state index in [4.69, 9.17) is 0 Å². The summed E-state index contributed by atoms with van der Waals surface area (Å²) < 4.78 is 0. The molecule has 9 rings (SSSR count). The van der Waals surface area contributed by atoms with Crippen LogP contribution in [0.1, 0.15) is 23.1 Å². The number of allylic oxidation sites excluding steroid dienone is 2. The SMILES string of the molecule is Cc1cccc(N(c2ccccc2)c2ccc(N(c3ccc(N(c4ccccc4)c4cccc(C)c4)cc3)c3ccc(N(c4cccc(C)c4)C4C=CC=CC4)cc3)cc2)c1. The van der Waals surface area contributed by atoms with E-state index >= 15 is 0 Å². The van der Waals surface area contributed by atoms with Crippen molar-refractivity contribution in [3.8, 4) is 0 Å². The molecule has 1 aliphatic carbocycles. The van der Waals surface area contributed by atoms with Crippen molar-refractivity contribution in [2.24, 2.45) is 0 Å². The van der Waals surface area contributed by atoms with Crippen LogP contribution < -0.4 is 19.6 Å². The van der Waals surface area contributed by atoms with Crippen LogP contribution in [0.5, 0.6) is 0 Å². The van der Waals surface area contributed by atoms with Gasteiger partial charge in [-0.2, -0.15) is 0 Å². The normalized spacial score (nSPS) is 13.1. The summed E-state index contributed by atoms with van der Waals surface area (Å²) >= 11 is 0. The maximum Gasteiger partial charge on any atom is 0.0559 e. The predicted molar refractivity (Wildman–Crippen MR) is 260 cm³/mol. The molecule has 298 valence electrons. The Bertz CT molecular complexity index is 2620. The molecule has 0 saturated carbocycles. The lowest BCUT2D eigenvalue weighted by atomic mass is 10.0. The summed E-state index contributed by atoms with van der Waals surface area (Å²) in [7, 11) is 0. The molecule has 0 amide bonds. The van der Waals surface area contributed by atoms with Crippen LogP contribution in [0.2, 0.25) is 0 Å². The van der Waals surface area contributed by atoms with Crippen LogP contribution in [0, 0.1) is 20.8 Å². The third-order valence-electron chi connectivity index (χ3n) is 11.2. The van der Waals surface area contributed by atoms with E-state index in [1.54, 1.807) is 0 Å². The van der Waals surface area contributed by atoms with Crippen molar-refractivity contribution in [1.29, 1.82) is 0 Å². The van der Waals surface area contributed by atoms with E-state index < -0.39 is 0 Å². The first-order valence-electron chi connectivity index (χ1n) is 21.1. The molecule has 1 unspecified atom stereocenters. The summed E-state index contributed by atoms with van der Waals surface area (Å²) in [5, 5.41) is 0. The molecule has 1 aliphatic rings. The monoisotopic (exact) mass is 790 g/mol. The molecular weight excluding hydrogens is 741 g/mol. The summed E-state index contributed by atoms with van der Waals surface area (Å²) in [5.41, 5.74) is 15.9. The van der Waals surface area contributed by atoms with E-state index in [0.29, 0.717) is 0 Å². The van der Waals surface area contributed by atoms with Crippen LogP contribution in [-0.4, -0.2) is 6.04 Å². The second kappa shape index (κ2) is 17.7. The van der Waals surface area contributed by atoms with E-state index in [1.807, 2.05) is 0 Å². The van der Waals surface area contributed by atoms with Crippen molar-refractivity contribution in [1.82, 2.24) is 0 Å². The predicted octanol–water partition coefficient (Wildman–Crippen LogP) is 16.0. The second-order valence-electron chi connectivity index (χ2n) is 15.7. The average molecular weight is 791 g/mol. The molecule has 0 N–H and O–H groups in total. The molecule has 8 aromatic rings. The van der Waals surface area contributed by atoms with E-state index in [1.165, 1.54) is 22.4 Å². The summed E-state index contributed by atoms with van der Waals surface area (Å²) in [4.78, 5) is 9.46. The van der Waals surface area contributed by atoms with E-state index in [-0.39, 0.29) is 6.04 Å². The number of benzene rings is 8. The Labute approximate surface area is 361 Å². The van der Waals surface area contributed by atoms with Crippen LogP contribution in [0.3, 0.4) is 0 Å². The first-order chi connectivity index (χ1) is 30.0. The topological polar surface area (TPSA) is 13.0 Å². The molecule has 0 spiro atoms. The number of nitrogens with zero attached hydrogens (tertiary/aromatic N) is 4. The van der Waals surface area contributed by atoms with Crippen LogP contribution in [0.15, 0.2) is 231 Å². The van der Waals surface area contributed by atoms with Crippen molar-refractivity contribution >= 4 is 62.6 Å². The van der Waals surface area contributed by atoms with E-state index in [0.717, 1.165) is 63.3 Å². The molecule has 0 aliphatic heterocycles. The molecule has 61 heavy (non-hydrogen) atoms. The second-order valence-corrected chi connectivity index (χ2v) is 15.7. The van der Waals surface area contributed by atoms with Crippen molar-refractivity contribution < 1.29 is 0 Å². The molecule has 4 nitrogen and oxygen atoms in total. The van der Waals surface area contributed by atoms with Crippen molar-refractivity contribution in [2.75, 3.05) is 19.6 Å². The number of para-hydroxylation sites is 2. The maximum absolute atomic E-state index is 2.46. The quantitative estimate of drug-likeness (QED) is 0.122. The van der Waals surface area contributed by atoms with Gasteiger partial charge >= 0.3 is 0 Å². The maximum atomic E-state index is 2.46. The third-order valence-corrected chi connectivity index (χ3v) is 11.2. The molecule has 4 heteroatoms. The van der Waals surface area contributed by atoms with Crippen molar-refractivity contribution in [3.63, 3.8) is 0 Å². The van der Waals surface area contributed by atoms with Gasteiger partial charge in [-0.15, -0.1) is 0 Å². The van der Waals surface area contributed by atoms with Gasteiger partial charge < -0.3 is 19.6 Å². The summed E-state index contributed by atoms with van der Waals surface area (Å²) in [6, 6.07) is 74.6. The lowest BCUT2D eigenvalue weighted by molar-refractivity contribution is 0.785. The largest absolute Gasteiger partial charge is 0.334 e. The Balaban J connectivity index is 1.13. The smallest absolute Gasteiger partial charge is 0.0559 e. The fraction of sp³-hybridized carbons (Fsp3) is 0.0877. The summed E-state index contributed by atoms with van der Waals surface area (Å²) in [5.74, 6) is 0. The highest BCUT2D eigenvalue weighted by Crippen LogP contribution is 2.42. The highest BCUT2D eigenvalue weighted by atomic mass is 15.2. The Morgan fingerprint density at radius 2 is 0.639 bits per heavy atom. The van der Waals surface area contributed by atoms with Crippen LogP contribution in [0.25, 0.3) is 0 Å². The van der Waals surface area contributed by atoms with Gasteiger partial charge in [-0.3, -0.25) is 0 Å². The minimum Gasteiger partial charge on any atom is -0.334 e. The summed E-state index contributed by atoms with van der Waals surface area (Å²) in [6.07, 6.45) is 9.81. The molecule has 8 aromatic carbocycles. The van der Waals surface area contributed by atoms with E-state index in [9.17, 15) is 0 Å². The van der Waals surface area contributed by atoms with Crippen molar-refractivity contribution in [2.45, 2.75) is 33.2 Å². The molecular formula is C57H50N4. The van der Waals surface area contributed by atoms with Gasteiger partial charge in [-0.05, 0) is 177 Å². The Kier molecular flexibility index (Phi) is 11.3. The molecule has 0 saturated heterocycles. The van der Waals surface area contributed by atoms with E-state index in [2.05, 4.69) is 271 Å². The Morgan fingerprint density at radius 3 is 1.02 bits per heavy atom. The molecule has 0 aromatic heterocycles. The van der Waals surface area contributed by atoms with Gasteiger partial charge in [0.15, 0.2) is 0 Å². The lowest BCUT2D eigenvalue weighted by Crippen LogP contribution is -2.29. The van der Waals surface area contributed by atoms with Crippen molar-refractivity contribution in [3.05, 3.63) is 247 Å². The number of hydrogen-bond donors (Lipinski definition) is 0. The highest BCUT2D eigenvalue weighted by molar-refractivity contribution is 5.84. The van der Waals surface area contributed by atoms with Gasteiger partial charge in [0.1, 0.15) is 0 Å².